The van der Waals surface area contributed by atoms with Crippen LogP contribution in [0.1, 0.15) is 34.5 Å². The fraction of sp³-hybridized carbons (Fsp3) is 0.391. The average molecular weight is 410 g/mol. The molecule has 0 saturated carbocycles. The monoisotopic (exact) mass is 409 g/mol. The summed E-state index contributed by atoms with van der Waals surface area (Å²) in [7, 11) is 0. The molecule has 0 spiro atoms. The third-order valence-corrected chi connectivity index (χ3v) is 6.85. The van der Waals surface area contributed by atoms with Crippen molar-refractivity contribution in [2.75, 3.05) is 13.1 Å². The lowest BCUT2D eigenvalue weighted by molar-refractivity contribution is 0.0131. The van der Waals surface area contributed by atoms with Crippen molar-refractivity contribution >= 4 is 28.5 Å². The molecule has 0 radical (unpaired) electrons. The molecular weight excluding hydrogens is 386 g/mol. The van der Waals surface area contributed by atoms with Crippen LogP contribution in [-0.2, 0) is 6.42 Å². The first-order valence-electron chi connectivity index (χ1n) is 10.2. The van der Waals surface area contributed by atoms with Gasteiger partial charge in [-0.3, -0.25) is 14.7 Å². The largest absolute Gasteiger partial charge is 0.449 e. The van der Waals surface area contributed by atoms with Gasteiger partial charge in [-0.15, -0.1) is 0 Å². The van der Waals surface area contributed by atoms with Gasteiger partial charge in [-0.05, 0) is 62.9 Å². The van der Waals surface area contributed by atoms with E-state index < -0.39 is 0 Å². The average Bonchev–Trinajstić information content (AvgIpc) is 3.09. The number of furan rings is 1. The number of nitrogens with one attached hydrogen (secondary N) is 1. The van der Waals surface area contributed by atoms with Gasteiger partial charge in [0, 0.05) is 35.4 Å². The van der Waals surface area contributed by atoms with Gasteiger partial charge in [-0.25, -0.2) is 0 Å². The number of hydrogen-bond donors (Lipinski definition) is 1. The van der Waals surface area contributed by atoms with Crippen molar-refractivity contribution in [1.29, 1.82) is 0 Å². The molecule has 3 aliphatic heterocycles. The Morgan fingerprint density at radius 3 is 2.83 bits per heavy atom. The summed E-state index contributed by atoms with van der Waals surface area (Å²) in [6.07, 6.45) is 6.86. The van der Waals surface area contributed by atoms with Crippen molar-refractivity contribution in [3.63, 3.8) is 0 Å². The molecule has 3 fully saturated rings. The van der Waals surface area contributed by atoms with E-state index in [0.717, 1.165) is 43.3 Å². The van der Waals surface area contributed by atoms with Gasteiger partial charge in [0.15, 0.2) is 11.3 Å². The van der Waals surface area contributed by atoms with E-state index in [1.165, 1.54) is 5.56 Å². The molecule has 6 rings (SSSR count). The van der Waals surface area contributed by atoms with Crippen molar-refractivity contribution in [1.82, 2.24) is 15.2 Å². The number of carbonyl (C=O) groups excluding carboxylic acids is 1. The lowest BCUT2D eigenvalue weighted by atomic mass is 9.76. The minimum Gasteiger partial charge on any atom is -0.449 e. The molecule has 1 N–H and O–H groups in total. The fourth-order valence-corrected chi connectivity index (χ4v) is 5.24. The zero-order valence-corrected chi connectivity index (χ0v) is 17.2. The SMILES string of the molecule is Cc1c(C(=O)N[C@@H]2C3CCN(CC3)[C@H]2Cc2cccnc2)oc2c(Cl)cccc12. The number of para-hydroxylation sites is 1. The third kappa shape index (κ3) is 3.32. The first kappa shape index (κ1) is 18.6. The molecule has 29 heavy (non-hydrogen) atoms. The molecule has 1 aromatic carbocycles. The predicted molar refractivity (Wildman–Crippen MR) is 113 cm³/mol. The van der Waals surface area contributed by atoms with Gasteiger partial charge in [-0.2, -0.15) is 0 Å². The van der Waals surface area contributed by atoms with Crippen LogP contribution < -0.4 is 5.32 Å². The maximum Gasteiger partial charge on any atom is 0.287 e. The zero-order valence-electron chi connectivity index (χ0n) is 16.4. The van der Waals surface area contributed by atoms with Gasteiger partial charge in [0.05, 0.1) is 5.02 Å². The molecule has 6 heteroatoms. The van der Waals surface area contributed by atoms with Crippen molar-refractivity contribution < 1.29 is 9.21 Å². The number of halogens is 1. The fourth-order valence-electron chi connectivity index (χ4n) is 5.02. The number of benzene rings is 1. The minimum atomic E-state index is -0.148. The number of piperidine rings is 3. The molecule has 5 nitrogen and oxygen atoms in total. The number of fused-ring (bicyclic) bond motifs is 4. The van der Waals surface area contributed by atoms with Gasteiger partial charge < -0.3 is 9.73 Å². The second-order valence-corrected chi connectivity index (χ2v) is 8.59. The Hall–Kier alpha value is -2.37. The molecule has 0 unspecified atom stereocenters. The summed E-state index contributed by atoms with van der Waals surface area (Å²) in [5.41, 5.74) is 2.62. The van der Waals surface area contributed by atoms with Crippen LogP contribution in [0.4, 0.5) is 0 Å². The van der Waals surface area contributed by atoms with E-state index in [1.807, 2.05) is 31.3 Å². The smallest absolute Gasteiger partial charge is 0.287 e. The van der Waals surface area contributed by atoms with E-state index >= 15 is 0 Å². The van der Waals surface area contributed by atoms with Crippen LogP contribution in [0.2, 0.25) is 5.02 Å². The lowest BCUT2D eigenvalue weighted by Gasteiger charge is -2.51. The van der Waals surface area contributed by atoms with Crippen molar-refractivity contribution in [3.05, 3.63) is 64.6 Å². The van der Waals surface area contributed by atoms with Gasteiger partial charge in [-0.1, -0.05) is 29.8 Å². The van der Waals surface area contributed by atoms with Crippen LogP contribution in [0.25, 0.3) is 11.0 Å². The summed E-state index contributed by atoms with van der Waals surface area (Å²) in [6, 6.07) is 10.1. The van der Waals surface area contributed by atoms with Crippen LogP contribution in [0, 0.1) is 12.8 Å². The Kier molecular flexibility index (Phi) is 4.80. The maximum atomic E-state index is 13.2. The summed E-state index contributed by atoms with van der Waals surface area (Å²) in [5, 5.41) is 4.74. The normalized spacial score (nSPS) is 26.0. The number of aryl methyl sites for hydroxylation is 1. The highest BCUT2D eigenvalue weighted by Crippen LogP contribution is 2.35. The molecule has 2 bridgehead atoms. The summed E-state index contributed by atoms with van der Waals surface area (Å²) >= 11 is 6.27. The van der Waals surface area contributed by atoms with Gasteiger partial charge >= 0.3 is 0 Å². The van der Waals surface area contributed by atoms with E-state index in [-0.39, 0.29) is 18.0 Å². The van der Waals surface area contributed by atoms with Crippen LogP contribution >= 0.6 is 11.6 Å². The maximum absolute atomic E-state index is 13.2. The molecule has 2 atom stereocenters. The van der Waals surface area contributed by atoms with Crippen LogP contribution in [0.15, 0.2) is 47.1 Å². The Morgan fingerprint density at radius 1 is 1.28 bits per heavy atom. The highest BCUT2D eigenvalue weighted by Gasteiger charge is 2.43. The van der Waals surface area contributed by atoms with Gasteiger partial charge in [0.1, 0.15) is 0 Å². The molecular formula is C23H24ClN3O2. The molecule has 3 aliphatic rings. The molecule has 1 amide bonds. The minimum absolute atomic E-state index is 0.105. The number of nitrogens with zero attached hydrogens (tertiary/aromatic N) is 2. The second kappa shape index (κ2) is 7.47. The zero-order chi connectivity index (χ0) is 20.0. The Morgan fingerprint density at radius 2 is 2.10 bits per heavy atom. The summed E-state index contributed by atoms with van der Waals surface area (Å²) in [4.78, 5) is 20.0. The number of carbonyl (C=O) groups is 1. The Bertz CT molecular complexity index is 1040. The first-order valence-corrected chi connectivity index (χ1v) is 10.6. The summed E-state index contributed by atoms with van der Waals surface area (Å²) < 4.78 is 5.90. The topological polar surface area (TPSA) is 58.4 Å². The van der Waals surface area contributed by atoms with E-state index in [2.05, 4.69) is 21.3 Å². The number of rotatable bonds is 4. The standard InChI is InChI=1S/C23H24ClN3O2/c1-14-17-5-2-6-18(24)22(17)29-21(14)23(28)26-20-16-7-10-27(11-8-16)19(20)12-15-4-3-9-25-13-15/h2-6,9,13,16,19-20H,7-8,10-12H2,1H3,(H,26,28)/t19-,20+/m0/s1. The summed E-state index contributed by atoms with van der Waals surface area (Å²) in [6.45, 7) is 4.11. The highest BCUT2D eigenvalue weighted by molar-refractivity contribution is 6.35. The van der Waals surface area contributed by atoms with E-state index in [9.17, 15) is 4.79 Å². The second-order valence-electron chi connectivity index (χ2n) is 8.18. The first-order chi connectivity index (χ1) is 14.1. The Labute approximate surface area is 175 Å². The van der Waals surface area contributed by atoms with Crippen LogP contribution in [-0.4, -0.2) is 41.0 Å². The number of aromatic nitrogens is 1. The molecule has 2 aromatic heterocycles. The lowest BCUT2D eigenvalue weighted by Crippen LogP contribution is -2.64. The molecule has 0 aliphatic carbocycles. The van der Waals surface area contributed by atoms with Crippen molar-refractivity contribution in [2.24, 2.45) is 5.92 Å². The third-order valence-electron chi connectivity index (χ3n) is 6.55. The number of pyridine rings is 1. The molecule has 3 saturated heterocycles. The van der Waals surface area contributed by atoms with E-state index in [0.29, 0.717) is 22.3 Å². The van der Waals surface area contributed by atoms with Gasteiger partial charge in [0.25, 0.3) is 5.91 Å². The summed E-state index contributed by atoms with van der Waals surface area (Å²) in [5.74, 6) is 0.716. The Balaban J connectivity index is 1.42. The predicted octanol–water partition coefficient (Wildman–Crippen LogP) is 4.22. The molecule has 5 heterocycles. The molecule has 3 aromatic rings. The number of amides is 1. The van der Waals surface area contributed by atoms with Crippen molar-refractivity contribution in [3.8, 4) is 0 Å². The quantitative estimate of drug-likeness (QED) is 0.700. The van der Waals surface area contributed by atoms with Crippen LogP contribution in [0.5, 0.6) is 0 Å². The number of hydrogen-bond acceptors (Lipinski definition) is 4. The van der Waals surface area contributed by atoms with E-state index in [4.69, 9.17) is 16.0 Å². The van der Waals surface area contributed by atoms with E-state index in [1.54, 1.807) is 12.3 Å². The molecule has 150 valence electrons. The van der Waals surface area contributed by atoms with Crippen LogP contribution in [0.3, 0.4) is 0 Å². The van der Waals surface area contributed by atoms with Gasteiger partial charge in [0.2, 0.25) is 0 Å². The van der Waals surface area contributed by atoms with Crippen molar-refractivity contribution in [2.45, 2.75) is 38.3 Å². The highest BCUT2D eigenvalue weighted by atomic mass is 35.5.